The Balaban J connectivity index is 1.56. The zero-order chi connectivity index (χ0) is 20.3. The molecule has 1 N–H and O–H groups in total. The maximum absolute atomic E-state index is 13.2. The second kappa shape index (κ2) is 6.32. The van der Waals surface area contributed by atoms with Crippen LogP contribution in [0.5, 0.6) is 0 Å². The second-order valence-corrected chi connectivity index (χ2v) is 8.68. The van der Waals surface area contributed by atoms with E-state index in [1.165, 1.54) is 4.90 Å². The number of anilines is 1. The van der Waals surface area contributed by atoms with Gasteiger partial charge in [-0.25, -0.2) is 9.69 Å². The standard InChI is InChI=1S/C20H21ClN2O5/c1-19(2,3)28-18(26)22-10-20-9-8-13(27-20)14-15(20)17(25)23(16(14)24)12-6-4-11(21)5-7-12/h4-9,13-15H,10H2,1-3H3,(H,22,26). The van der Waals surface area contributed by atoms with E-state index in [1.807, 2.05) is 0 Å². The summed E-state index contributed by atoms with van der Waals surface area (Å²) in [6, 6.07) is 6.55. The molecule has 4 atom stereocenters. The molecule has 148 valence electrons. The third kappa shape index (κ3) is 2.99. The number of hydrogen-bond donors (Lipinski definition) is 1. The number of carbonyl (C=O) groups excluding carboxylic acids is 3. The molecule has 2 fully saturated rings. The van der Waals surface area contributed by atoms with Gasteiger partial charge in [0, 0.05) is 5.02 Å². The molecule has 3 heterocycles. The van der Waals surface area contributed by atoms with Crippen molar-refractivity contribution in [2.45, 2.75) is 38.1 Å². The van der Waals surface area contributed by atoms with E-state index in [-0.39, 0.29) is 18.4 Å². The van der Waals surface area contributed by atoms with Crippen molar-refractivity contribution in [1.29, 1.82) is 0 Å². The van der Waals surface area contributed by atoms with Crippen LogP contribution in [0, 0.1) is 11.8 Å². The van der Waals surface area contributed by atoms with Crippen molar-refractivity contribution in [3.05, 3.63) is 41.4 Å². The van der Waals surface area contributed by atoms with Crippen molar-refractivity contribution in [3.8, 4) is 0 Å². The first-order valence-corrected chi connectivity index (χ1v) is 9.46. The van der Waals surface area contributed by atoms with Crippen LogP contribution in [0.2, 0.25) is 5.02 Å². The molecule has 0 radical (unpaired) electrons. The van der Waals surface area contributed by atoms with Gasteiger partial charge in [0.05, 0.1) is 30.2 Å². The number of nitrogens with zero attached hydrogens (tertiary/aromatic N) is 1. The highest BCUT2D eigenvalue weighted by molar-refractivity contribution is 6.31. The largest absolute Gasteiger partial charge is 0.444 e. The maximum Gasteiger partial charge on any atom is 0.407 e. The van der Waals surface area contributed by atoms with Crippen molar-refractivity contribution in [2.24, 2.45) is 11.8 Å². The lowest BCUT2D eigenvalue weighted by atomic mass is 9.77. The average molecular weight is 405 g/mol. The molecule has 0 aromatic heterocycles. The van der Waals surface area contributed by atoms with Crippen LogP contribution in [-0.2, 0) is 19.1 Å². The number of amides is 3. The van der Waals surface area contributed by atoms with E-state index < -0.39 is 35.2 Å². The first-order valence-electron chi connectivity index (χ1n) is 9.09. The summed E-state index contributed by atoms with van der Waals surface area (Å²) in [5.41, 5.74) is -1.22. The van der Waals surface area contributed by atoms with Gasteiger partial charge in [0.25, 0.3) is 0 Å². The lowest BCUT2D eigenvalue weighted by Gasteiger charge is -2.29. The van der Waals surface area contributed by atoms with Crippen molar-refractivity contribution in [3.63, 3.8) is 0 Å². The number of rotatable bonds is 3. The predicted molar refractivity (Wildman–Crippen MR) is 102 cm³/mol. The van der Waals surface area contributed by atoms with E-state index in [0.717, 1.165) is 0 Å². The maximum atomic E-state index is 13.2. The smallest absolute Gasteiger partial charge is 0.407 e. The van der Waals surface area contributed by atoms with Crippen molar-refractivity contribution in [2.75, 3.05) is 11.4 Å². The minimum atomic E-state index is -1.06. The Hall–Kier alpha value is -2.38. The number of benzene rings is 1. The molecule has 1 aromatic carbocycles. The molecule has 1 aromatic rings. The quantitative estimate of drug-likeness (QED) is 0.618. The summed E-state index contributed by atoms with van der Waals surface area (Å²) >= 11 is 5.91. The van der Waals surface area contributed by atoms with Crippen LogP contribution in [0.4, 0.5) is 10.5 Å². The molecule has 2 saturated heterocycles. The molecule has 3 amide bonds. The summed E-state index contributed by atoms with van der Waals surface area (Å²) in [7, 11) is 0. The van der Waals surface area contributed by atoms with Crippen LogP contribution in [0.15, 0.2) is 36.4 Å². The molecule has 0 saturated carbocycles. The third-order valence-electron chi connectivity index (χ3n) is 5.15. The fourth-order valence-corrected chi connectivity index (χ4v) is 4.20. The van der Waals surface area contributed by atoms with Gasteiger partial charge in [-0.15, -0.1) is 0 Å². The lowest BCUT2D eigenvalue weighted by molar-refractivity contribution is -0.126. The van der Waals surface area contributed by atoms with Gasteiger partial charge in [0.1, 0.15) is 11.2 Å². The first kappa shape index (κ1) is 19.0. The molecule has 4 rings (SSSR count). The van der Waals surface area contributed by atoms with Gasteiger partial charge in [-0.2, -0.15) is 0 Å². The molecule has 4 unspecified atom stereocenters. The minimum absolute atomic E-state index is 0.0452. The van der Waals surface area contributed by atoms with E-state index in [2.05, 4.69) is 5.32 Å². The topological polar surface area (TPSA) is 84.9 Å². The van der Waals surface area contributed by atoms with Gasteiger partial charge < -0.3 is 14.8 Å². The fourth-order valence-electron chi connectivity index (χ4n) is 4.08. The molecule has 7 nitrogen and oxygen atoms in total. The molecule has 2 bridgehead atoms. The molecule has 3 aliphatic rings. The van der Waals surface area contributed by atoms with Crippen molar-refractivity contribution >= 4 is 35.2 Å². The molecule has 3 aliphatic heterocycles. The summed E-state index contributed by atoms with van der Waals surface area (Å²) in [6.07, 6.45) is 2.47. The van der Waals surface area contributed by atoms with Crippen LogP contribution in [-0.4, -0.2) is 41.8 Å². The lowest BCUT2D eigenvalue weighted by Crippen LogP contribution is -2.49. The van der Waals surface area contributed by atoms with E-state index >= 15 is 0 Å². The molecular weight excluding hydrogens is 384 g/mol. The number of hydrogen-bond acceptors (Lipinski definition) is 5. The monoisotopic (exact) mass is 404 g/mol. The average Bonchev–Trinajstić information content (AvgIpc) is 3.24. The predicted octanol–water partition coefficient (Wildman–Crippen LogP) is 2.68. The molecule has 28 heavy (non-hydrogen) atoms. The van der Waals surface area contributed by atoms with Gasteiger partial charge in [-0.05, 0) is 45.0 Å². The number of alkyl carbamates (subject to hydrolysis) is 1. The highest BCUT2D eigenvalue weighted by atomic mass is 35.5. The highest BCUT2D eigenvalue weighted by Gasteiger charge is 2.67. The fraction of sp³-hybridized carbons (Fsp3) is 0.450. The van der Waals surface area contributed by atoms with Crippen LogP contribution in [0.25, 0.3) is 0 Å². The zero-order valence-electron chi connectivity index (χ0n) is 15.8. The number of nitrogens with one attached hydrogen (secondary N) is 1. The Labute approximate surface area is 167 Å². The van der Waals surface area contributed by atoms with Crippen LogP contribution in [0.3, 0.4) is 0 Å². The van der Waals surface area contributed by atoms with E-state index in [0.29, 0.717) is 10.7 Å². The van der Waals surface area contributed by atoms with Gasteiger partial charge in [0.15, 0.2) is 0 Å². The Morgan fingerprint density at radius 1 is 1.25 bits per heavy atom. The summed E-state index contributed by atoms with van der Waals surface area (Å²) in [6.45, 7) is 5.34. The second-order valence-electron chi connectivity index (χ2n) is 8.24. The van der Waals surface area contributed by atoms with Gasteiger partial charge in [-0.1, -0.05) is 23.8 Å². The van der Waals surface area contributed by atoms with Gasteiger partial charge >= 0.3 is 6.09 Å². The van der Waals surface area contributed by atoms with Crippen molar-refractivity contribution < 1.29 is 23.9 Å². The van der Waals surface area contributed by atoms with E-state index in [9.17, 15) is 14.4 Å². The Kier molecular flexibility index (Phi) is 4.28. The molecular formula is C20H21ClN2O5. The number of fused-ring (bicyclic) bond motifs is 5. The number of ether oxygens (including phenoxy) is 2. The van der Waals surface area contributed by atoms with Crippen LogP contribution in [0.1, 0.15) is 20.8 Å². The highest BCUT2D eigenvalue weighted by Crippen LogP contribution is 2.52. The van der Waals surface area contributed by atoms with Crippen molar-refractivity contribution in [1.82, 2.24) is 5.32 Å². The van der Waals surface area contributed by atoms with E-state index in [4.69, 9.17) is 21.1 Å². The summed E-state index contributed by atoms with van der Waals surface area (Å²) < 4.78 is 11.2. The van der Waals surface area contributed by atoms with Crippen LogP contribution < -0.4 is 10.2 Å². The number of carbonyl (C=O) groups is 3. The Bertz CT molecular complexity index is 876. The number of imide groups is 1. The Morgan fingerprint density at radius 3 is 2.57 bits per heavy atom. The van der Waals surface area contributed by atoms with Gasteiger partial charge in [0.2, 0.25) is 11.8 Å². The zero-order valence-corrected chi connectivity index (χ0v) is 16.5. The first-order chi connectivity index (χ1) is 13.1. The van der Waals surface area contributed by atoms with Gasteiger partial charge in [-0.3, -0.25) is 9.59 Å². The summed E-state index contributed by atoms with van der Waals surface area (Å²) in [5.74, 6) is -1.93. The summed E-state index contributed by atoms with van der Waals surface area (Å²) in [4.78, 5) is 39.4. The molecule has 8 heteroatoms. The minimum Gasteiger partial charge on any atom is -0.444 e. The SMILES string of the molecule is CC(C)(C)OC(=O)NCC12C=CC(O1)C1C(=O)N(c3ccc(Cl)cc3)C(=O)C12. The molecule has 0 spiro atoms. The summed E-state index contributed by atoms with van der Waals surface area (Å²) in [5, 5.41) is 3.19. The normalized spacial score (nSPS) is 30.7. The van der Waals surface area contributed by atoms with E-state index in [1.54, 1.807) is 57.2 Å². The van der Waals surface area contributed by atoms with Crippen LogP contribution >= 0.6 is 11.6 Å². The Morgan fingerprint density at radius 2 is 1.93 bits per heavy atom. The third-order valence-corrected chi connectivity index (χ3v) is 5.40. The molecule has 0 aliphatic carbocycles. The number of halogens is 1.